The Balaban J connectivity index is 2.16. The van der Waals surface area contributed by atoms with Crippen LogP contribution >= 0.6 is 27.3 Å². The number of esters is 1. The van der Waals surface area contributed by atoms with Crippen molar-refractivity contribution in [2.75, 3.05) is 19.6 Å². The number of halogens is 1. The largest absolute Gasteiger partial charge is 0.493 e. The van der Waals surface area contributed by atoms with Crippen LogP contribution in [-0.4, -0.2) is 37.5 Å². The van der Waals surface area contributed by atoms with Crippen LogP contribution in [-0.2, 0) is 9.53 Å². The number of hydrogen-bond donors (Lipinski definition) is 1. The first-order valence-corrected chi connectivity index (χ1v) is 8.95. The average molecular weight is 428 g/mol. The van der Waals surface area contributed by atoms with Gasteiger partial charge in [0.15, 0.2) is 17.6 Å². The molecule has 0 amide bonds. The van der Waals surface area contributed by atoms with E-state index in [-0.39, 0.29) is 0 Å². The second-order valence-corrected chi connectivity index (χ2v) is 6.69. The lowest BCUT2D eigenvalue weighted by Gasteiger charge is -2.17. The number of methoxy groups -OCH3 is 2. The molecule has 0 spiro atoms. The summed E-state index contributed by atoms with van der Waals surface area (Å²) in [6.45, 7) is 3.52. The van der Waals surface area contributed by atoms with Crippen LogP contribution in [0.2, 0.25) is 0 Å². The van der Waals surface area contributed by atoms with E-state index in [9.17, 15) is 4.79 Å². The van der Waals surface area contributed by atoms with Crippen molar-refractivity contribution in [1.29, 1.82) is 0 Å². The van der Waals surface area contributed by atoms with E-state index in [2.05, 4.69) is 36.2 Å². The monoisotopic (exact) mass is 427 g/mol. The van der Waals surface area contributed by atoms with E-state index in [0.29, 0.717) is 21.1 Å². The van der Waals surface area contributed by atoms with Crippen molar-refractivity contribution in [1.82, 2.24) is 4.98 Å². The molecule has 1 atom stereocenters. The first-order valence-electron chi connectivity index (χ1n) is 7.27. The fraction of sp³-hybridized carbons (Fsp3) is 0.312. The molecule has 0 fully saturated rings. The molecule has 0 aliphatic rings. The van der Waals surface area contributed by atoms with Gasteiger partial charge in [0.25, 0.3) is 0 Å². The maximum Gasteiger partial charge on any atom is 0.346 e. The highest BCUT2D eigenvalue weighted by molar-refractivity contribution is 9.10. The normalized spacial score (nSPS) is 12.0. The molecule has 0 radical (unpaired) electrons. The maximum absolute atomic E-state index is 11.5. The highest BCUT2D eigenvalue weighted by atomic mass is 79.9. The predicted octanol–water partition coefficient (Wildman–Crippen LogP) is 3.61. The second-order valence-electron chi connectivity index (χ2n) is 4.98. The molecule has 2 rings (SSSR count). The lowest BCUT2D eigenvalue weighted by Crippen LogP contribution is -2.25. The summed E-state index contributed by atoms with van der Waals surface area (Å²) < 4.78 is 16.3. The standard InChI is InChI=1S/C16H18BrN3O4S/c1-9-8-25-16(19-9)20-18-7-11-5-12(17)14(13(6-11)22-3)24-10(2)15(21)23-4/h5-8,10H,1-4H3,(H,19,20). The Morgan fingerprint density at radius 3 is 2.80 bits per heavy atom. The predicted molar refractivity (Wildman–Crippen MR) is 101 cm³/mol. The van der Waals surface area contributed by atoms with E-state index in [1.807, 2.05) is 12.3 Å². The van der Waals surface area contributed by atoms with Crippen molar-refractivity contribution in [3.63, 3.8) is 0 Å². The van der Waals surface area contributed by atoms with Crippen molar-refractivity contribution in [3.05, 3.63) is 33.2 Å². The smallest absolute Gasteiger partial charge is 0.346 e. The van der Waals surface area contributed by atoms with Crippen LogP contribution in [0.15, 0.2) is 27.1 Å². The minimum absolute atomic E-state index is 0.418. The molecular formula is C16H18BrN3O4S. The number of aromatic nitrogens is 1. The molecule has 9 heteroatoms. The Bertz CT molecular complexity index is 779. The van der Waals surface area contributed by atoms with Crippen LogP contribution in [0.4, 0.5) is 5.13 Å². The molecule has 25 heavy (non-hydrogen) atoms. The van der Waals surface area contributed by atoms with Gasteiger partial charge in [-0.15, -0.1) is 11.3 Å². The fourth-order valence-electron chi connectivity index (χ4n) is 1.89. The van der Waals surface area contributed by atoms with Crippen molar-refractivity contribution < 1.29 is 19.0 Å². The van der Waals surface area contributed by atoms with Gasteiger partial charge >= 0.3 is 5.97 Å². The number of aryl methyl sites for hydroxylation is 1. The van der Waals surface area contributed by atoms with Gasteiger partial charge in [-0.2, -0.15) is 5.10 Å². The Morgan fingerprint density at radius 1 is 1.44 bits per heavy atom. The van der Waals surface area contributed by atoms with Gasteiger partial charge < -0.3 is 14.2 Å². The van der Waals surface area contributed by atoms with Crippen molar-refractivity contribution in [2.45, 2.75) is 20.0 Å². The van der Waals surface area contributed by atoms with Crippen LogP contribution in [0.5, 0.6) is 11.5 Å². The van der Waals surface area contributed by atoms with Crippen molar-refractivity contribution in [3.8, 4) is 11.5 Å². The zero-order chi connectivity index (χ0) is 18.4. The van der Waals surface area contributed by atoms with Crippen LogP contribution < -0.4 is 14.9 Å². The first kappa shape index (κ1) is 19.2. The number of carbonyl (C=O) groups excluding carboxylic acids is 1. The van der Waals surface area contributed by atoms with Gasteiger partial charge in [-0.3, -0.25) is 5.43 Å². The van der Waals surface area contributed by atoms with E-state index >= 15 is 0 Å². The zero-order valence-corrected chi connectivity index (χ0v) is 16.6. The summed E-state index contributed by atoms with van der Waals surface area (Å²) in [5.74, 6) is 0.417. The number of benzene rings is 1. The summed E-state index contributed by atoms with van der Waals surface area (Å²) in [6.07, 6.45) is 0.877. The molecule has 2 aromatic rings. The number of nitrogens with zero attached hydrogens (tertiary/aromatic N) is 2. The topological polar surface area (TPSA) is 82.0 Å². The Morgan fingerprint density at radius 2 is 2.20 bits per heavy atom. The highest BCUT2D eigenvalue weighted by Crippen LogP contribution is 2.37. The van der Waals surface area contributed by atoms with Gasteiger partial charge in [0, 0.05) is 5.38 Å². The number of hydrogen-bond acceptors (Lipinski definition) is 8. The third-order valence-electron chi connectivity index (χ3n) is 3.07. The molecule has 1 aromatic heterocycles. The summed E-state index contributed by atoms with van der Waals surface area (Å²) in [4.78, 5) is 15.8. The summed E-state index contributed by atoms with van der Waals surface area (Å²) in [6, 6.07) is 3.56. The molecular weight excluding hydrogens is 410 g/mol. The van der Waals surface area contributed by atoms with Crippen LogP contribution in [0.3, 0.4) is 0 Å². The molecule has 7 nitrogen and oxygen atoms in total. The number of rotatable bonds is 7. The number of nitrogens with one attached hydrogen (secondary N) is 1. The number of ether oxygens (including phenoxy) is 3. The highest BCUT2D eigenvalue weighted by Gasteiger charge is 2.19. The summed E-state index contributed by atoms with van der Waals surface area (Å²) >= 11 is 4.90. The number of hydrazone groups is 1. The Kier molecular flexibility index (Phi) is 6.77. The zero-order valence-electron chi connectivity index (χ0n) is 14.2. The molecule has 1 heterocycles. The van der Waals surface area contributed by atoms with E-state index < -0.39 is 12.1 Å². The summed E-state index contributed by atoms with van der Waals surface area (Å²) in [5.41, 5.74) is 4.59. The van der Waals surface area contributed by atoms with Gasteiger partial charge in [0.1, 0.15) is 0 Å². The van der Waals surface area contributed by atoms with Gasteiger partial charge in [0.2, 0.25) is 5.13 Å². The van der Waals surface area contributed by atoms with Gasteiger partial charge in [-0.1, -0.05) is 0 Å². The van der Waals surface area contributed by atoms with E-state index in [1.54, 1.807) is 25.3 Å². The van der Waals surface area contributed by atoms with Crippen molar-refractivity contribution >= 4 is 44.6 Å². The lowest BCUT2D eigenvalue weighted by atomic mass is 10.2. The quantitative estimate of drug-likeness (QED) is 0.412. The third-order valence-corrected chi connectivity index (χ3v) is 4.53. The molecule has 1 unspecified atom stereocenters. The molecule has 134 valence electrons. The van der Waals surface area contributed by atoms with Crippen LogP contribution in [0.1, 0.15) is 18.2 Å². The summed E-state index contributed by atoms with van der Waals surface area (Å²) in [7, 11) is 2.83. The molecule has 1 N–H and O–H groups in total. The average Bonchev–Trinajstić information content (AvgIpc) is 3.01. The van der Waals surface area contributed by atoms with Gasteiger partial charge in [-0.25, -0.2) is 9.78 Å². The summed E-state index contributed by atoms with van der Waals surface area (Å²) in [5, 5.41) is 6.81. The van der Waals surface area contributed by atoms with Crippen molar-refractivity contribution in [2.24, 2.45) is 5.10 Å². The number of carbonyl (C=O) groups is 1. The lowest BCUT2D eigenvalue weighted by molar-refractivity contribution is -0.147. The molecule has 0 saturated heterocycles. The van der Waals surface area contributed by atoms with E-state index in [1.165, 1.54) is 25.6 Å². The maximum atomic E-state index is 11.5. The minimum atomic E-state index is -0.760. The Hall–Kier alpha value is -2.13. The van der Waals surface area contributed by atoms with E-state index in [0.717, 1.165) is 11.3 Å². The molecule has 1 aromatic carbocycles. The SMILES string of the molecule is COC(=O)C(C)Oc1c(Br)cc(C=NNc2nc(C)cs2)cc1OC. The molecule has 0 aliphatic heterocycles. The molecule has 0 bridgehead atoms. The second kappa shape index (κ2) is 8.82. The minimum Gasteiger partial charge on any atom is -0.493 e. The van der Waals surface area contributed by atoms with Gasteiger partial charge in [0.05, 0.1) is 30.6 Å². The third kappa shape index (κ3) is 5.17. The fourth-order valence-corrected chi connectivity index (χ4v) is 3.08. The molecule has 0 saturated carbocycles. The van der Waals surface area contributed by atoms with Crippen LogP contribution in [0.25, 0.3) is 0 Å². The molecule has 0 aliphatic carbocycles. The number of thiazole rings is 1. The van der Waals surface area contributed by atoms with E-state index in [4.69, 9.17) is 9.47 Å². The number of anilines is 1. The van der Waals surface area contributed by atoms with Crippen LogP contribution in [0, 0.1) is 6.92 Å². The first-order chi connectivity index (χ1) is 11.9. The Labute approximate surface area is 158 Å². The van der Waals surface area contributed by atoms with Gasteiger partial charge in [-0.05, 0) is 47.5 Å².